The lowest BCUT2D eigenvalue weighted by Crippen LogP contribution is -2.53. The number of nitrogens with zero attached hydrogens (tertiary/aromatic N) is 2. The van der Waals surface area contributed by atoms with Crippen LogP contribution in [0.3, 0.4) is 0 Å². The second kappa shape index (κ2) is 4.42. The van der Waals surface area contributed by atoms with E-state index in [0.717, 1.165) is 10.0 Å². The van der Waals surface area contributed by atoms with Gasteiger partial charge in [-0.05, 0) is 13.8 Å². The van der Waals surface area contributed by atoms with Gasteiger partial charge in [-0.15, -0.1) is 0 Å². The summed E-state index contributed by atoms with van der Waals surface area (Å²) in [5.41, 5.74) is 10.00. The summed E-state index contributed by atoms with van der Waals surface area (Å²) in [7, 11) is 0. The van der Waals surface area contributed by atoms with Crippen LogP contribution >= 0.6 is 0 Å². The van der Waals surface area contributed by atoms with Crippen molar-refractivity contribution in [3.05, 3.63) is 0 Å². The summed E-state index contributed by atoms with van der Waals surface area (Å²) in [6.45, 7) is 4.06. The SMILES string of the molecule is CCN(C(N)=O)N(CC)C(N)=O. The second-order valence-electron chi connectivity index (χ2n) is 2.11. The number of nitrogens with two attached hydrogens (primary N) is 2. The fourth-order valence-electron chi connectivity index (χ4n) is 0.891. The molecule has 12 heavy (non-hydrogen) atoms. The van der Waals surface area contributed by atoms with E-state index in [1.807, 2.05) is 0 Å². The summed E-state index contributed by atoms with van der Waals surface area (Å²) in [5.74, 6) is 0. The molecule has 0 rings (SSSR count). The molecule has 0 bridgehead atoms. The van der Waals surface area contributed by atoms with Crippen LogP contribution in [0, 0.1) is 0 Å². The molecule has 4 amide bonds. The van der Waals surface area contributed by atoms with E-state index in [0.29, 0.717) is 13.1 Å². The molecule has 0 saturated heterocycles. The minimum atomic E-state index is -0.682. The average Bonchev–Trinajstić information content (AvgIpc) is 1.98. The van der Waals surface area contributed by atoms with E-state index in [1.54, 1.807) is 13.8 Å². The molecule has 0 aliphatic rings. The molecule has 0 aromatic rings. The number of carbonyl (C=O) groups is 2. The Labute approximate surface area is 71.1 Å². The van der Waals surface area contributed by atoms with Crippen LogP contribution in [0.25, 0.3) is 0 Å². The molecule has 0 spiro atoms. The summed E-state index contributed by atoms with van der Waals surface area (Å²) >= 11 is 0. The molecule has 0 aliphatic carbocycles. The highest BCUT2D eigenvalue weighted by atomic mass is 16.2. The number of urea groups is 2. The van der Waals surface area contributed by atoms with E-state index in [2.05, 4.69) is 0 Å². The molecule has 6 heteroatoms. The molecule has 6 nitrogen and oxygen atoms in total. The predicted molar refractivity (Wildman–Crippen MR) is 43.9 cm³/mol. The van der Waals surface area contributed by atoms with E-state index in [-0.39, 0.29) is 0 Å². The molecule has 0 heterocycles. The van der Waals surface area contributed by atoms with Gasteiger partial charge in [-0.1, -0.05) is 0 Å². The maximum atomic E-state index is 10.7. The number of amides is 4. The standard InChI is InChI=1S/C6H14N4O2/c1-3-9(5(7)11)10(4-2)6(8)12/h3-4H2,1-2H3,(H2,7,11)(H2,8,12). The Morgan fingerprint density at radius 2 is 1.25 bits per heavy atom. The first-order valence-electron chi connectivity index (χ1n) is 3.68. The molecule has 4 N–H and O–H groups in total. The van der Waals surface area contributed by atoms with Crippen LogP contribution in [0.5, 0.6) is 0 Å². The maximum absolute atomic E-state index is 10.7. The molecule has 70 valence electrons. The normalized spacial score (nSPS) is 9.17. The number of rotatable bonds is 2. The van der Waals surface area contributed by atoms with Crippen LogP contribution < -0.4 is 11.5 Å². The van der Waals surface area contributed by atoms with Gasteiger partial charge < -0.3 is 11.5 Å². The Kier molecular flexibility index (Phi) is 3.89. The van der Waals surface area contributed by atoms with Crippen molar-refractivity contribution in [2.45, 2.75) is 13.8 Å². The van der Waals surface area contributed by atoms with Crippen molar-refractivity contribution in [2.24, 2.45) is 11.5 Å². The monoisotopic (exact) mass is 174 g/mol. The minimum Gasteiger partial charge on any atom is -0.350 e. The van der Waals surface area contributed by atoms with E-state index < -0.39 is 12.1 Å². The van der Waals surface area contributed by atoms with Crippen LogP contribution in [-0.4, -0.2) is 35.2 Å². The highest BCUT2D eigenvalue weighted by molar-refractivity contribution is 5.78. The summed E-state index contributed by atoms with van der Waals surface area (Å²) in [4.78, 5) is 21.5. The molecule has 0 radical (unpaired) electrons. The highest BCUT2D eigenvalue weighted by Gasteiger charge is 2.18. The summed E-state index contributed by atoms with van der Waals surface area (Å²) in [6, 6.07) is -1.36. The van der Waals surface area contributed by atoms with E-state index in [9.17, 15) is 9.59 Å². The van der Waals surface area contributed by atoms with Crippen molar-refractivity contribution < 1.29 is 9.59 Å². The van der Waals surface area contributed by atoms with Crippen LogP contribution in [0.1, 0.15) is 13.8 Å². The smallest absolute Gasteiger partial charge is 0.333 e. The first-order valence-corrected chi connectivity index (χ1v) is 3.68. The molecule has 0 aliphatic heterocycles. The zero-order valence-corrected chi connectivity index (χ0v) is 7.28. The maximum Gasteiger partial charge on any atom is 0.333 e. The van der Waals surface area contributed by atoms with Crippen molar-refractivity contribution >= 4 is 12.1 Å². The highest BCUT2D eigenvalue weighted by Crippen LogP contribution is 1.96. The average molecular weight is 174 g/mol. The fourth-order valence-corrected chi connectivity index (χ4v) is 0.891. The lowest BCUT2D eigenvalue weighted by Gasteiger charge is -2.29. The van der Waals surface area contributed by atoms with Gasteiger partial charge in [0.15, 0.2) is 0 Å². The topological polar surface area (TPSA) is 92.7 Å². The third kappa shape index (κ3) is 2.30. The van der Waals surface area contributed by atoms with Gasteiger partial charge >= 0.3 is 12.1 Å². The molecule has 0 atom stereocenters. The summed E-state index contributed by atoms with van der Waals surface area (Å²) < 4.78 is 0. The van der Waals surface area contributed by atoms with Crippen molar-refractivity contribution in [3.63, 3.8) is 0 Å². The Morgan fingerprint density at radius 3 is 1.33 bits per heavy atom. The molecule has 0 aromatic heterocycles. The third-order valence-electron chi connectivity index (χ3n) is 1.40. The summed E-state index contributed by atoms with van der Waals surface area (Å²) in [6.07, 6.45) is 0. The zero-order chi connectivity index (χ0) is 9.72. The Balaban J connectivity index is 4.44. The molecule has 0 unspecified atom stereocenters. The van der Waals surface area contributed by atoms with Crippen LogP contribution in [0.4, 0.5) is 9.59 Å². The van der Waals surface area contributed by atoms with Gasteiger partial charge in [0.25, 0.3) is 0 Å². The number of primary amides is 2. The van der Waals surface area contributed by atoms with Crippen molar-refractivity contribution in [1.82, 2.24) is 10.0 Å². The van der Waals surface area contributed by atoms with Crippen molar-refractivity contribution in [1.29, 1.82) is 0 Å². The van der Waals surface area contributed by atoms with Crippen LogP contribution in [-0.2, 0) is 0 Å². The van der Waals surface area contributed by atoms with E-state index in [4.69, 9.17) is 11.5 Å². The van der Waals surface area contributed by atoms with Gasteiger partial charge in [0.2, 0.25) is 0 Å². The first kappa shape index (κ1) is 10.5. The number of carbonyl (C=O) groups excluding carboxylic acids is 2. The first-order chi connectivity index (χ1) is 5.54. The third-order valence-corrected chi connectivity index (χ3v) is 1.40. The number of hydrogen-bond acceptors (Lipinski definition) is 2. The predicted octanol–water partition coefficient (Wildman–Crippen LogP) is -0.297. The van der Waals surface area contributed by atoms with Crippen molar-refractivity contribution in [2.75, 3.05) is 13.1 Å². The van der Waals surface area contributed by atoms with Gasteiger partial charge in [-0.25, -0.2) is 19.6 Å². The van der Waals surface area contributed by atoms with Gasteiger partial charge in [-0.3, -0.25) is 0 Å². The molecule has 0 aromatic carbocycles. The largest absolute Gasteiger partial charge is 0.350 e. The zero-order valence-electron chi connectivity index (χ0n) is 7.28. The minimum absolute atomic E-state index is 0.326. The number of hydrogen-bond donors (Lipinski definition) is 2. The Hall–Kier alpha value is -1.46. The van der Waals surface area contributed by atoms with Gasteiger partial charge in [0.05, 0.1) is 0 Å². The second-order valence-corrected chi connectivity index (χ2v) is 2.11. The van der Waals surface area contributed by atoms with Gasteiger partial charge in [0, 0.05) is 13.1 Å². The van der Waals surface area contributed by atoms with Gasteiger partial charge in [-0.2, -0.15) is 0 Å². The van der Waals surface area contributed by atoms with E-state index in [1.165, 1.54) is 0 Å². The van der Waals surface area contributed by atoms with E-state index >= 15 is 0 Å². The molecular weight excluding hydrogens is 160 g/mol. The molecule has 0 saturated carbocycles. The Morgan fingerprint density at radius 1 is 1.00 bits per heavy atom. The summed E-state index contributed by atoms with van der Waals surface area (Å²) in [5, 5.41) is 2.17. The Bertz CT molecular complexity index is 162. The van der Waals surface area contributed by atoms with Gasteiger partial charge in [0.1, 0.15) is 0 Å². The van der Waals surface area contributed by atoms with Crippen LogP contribution in [0.15, 0.2) is 0 Å². The van der Waals surface area contributed by atoms with Crippen LogP contribution in [0.2, 0.25) is 0 Å². The number of hydrazine groups is 1. The quantitative estimate of drug-likeness (QED) is 0.562. The molecular formula is C6H14N4O2. The molecule has 0 fully saturated rings. The fraction of sp³-hybridized carbons (Fsp3) is 0.667. The lowest BCUT2D eigenvalue weighted by molar-refractivity contribution is 0.0633. The lowest BCUT2D eigenvalue weighted by atomic mass is 10.6. The van der Waals surface area contributed by atoms with Crippen molar-refractivity contribution in [3.8, 4) is 0 Å².